The van der Waals surface area contributed by atoms with Gasteiger partial charge in [0.15, 0.2) is 0 Å². The quantitative estimate of drug-likeness (QED) is 0.483. The summed E-state index contributed by atoms with van der Waals surface area (Å²) in [5.74, 6) is -1.13. The van der Waals surface area contributed by atoms with Crippen molar-refractivity contribution in [2.45, 2.75) is 58.2 Å². The summed E-state index contributed by atoms with van der Waals surface area (Å²) in [5, 5.41) is 9.21. The topological polar surface area (TPSA) is 46.5 Å². The van der Waals surface area contributed by atoms with Gasteiger partial charge < -0.3 is 9.84 Å². The van der Waals surface area contributed by atoms with Crippen LogP contribution in [0.4, 0.5) is 26.3 Å². The van der Waals surface area contributed by atoms with Crippen LogP contribution < -0.4 is 0 Å². The molecule has 0 amide bonds. The fourth-order valence-electron chi connectivity index (χ4n) is 1.41. The zero-order valence-electron chi connectivity index (χ0n) is 12.5. The van der Waals surface area contributed by atoms with Crippen LogP contribution in [0.5, 0.6) is 0 Å². The molecule has 0 aromatic carbocycles. The van der Waals surface area contributed by atoms with Gasteiger partial charge in [-0.25, -0.2) is 4.79 Å². The van der Waals surface area contributed by atoms with E-state index in [2.05, 4.69) is 11.3 Å². The van der Waals surface area contributed by atoms with E-state index in [-0.39, 0.29) is 5.57 Å². The fourth-order valence-corrected chi connectivity index (χ4v) is 1.41. The third-order valence-corrected chi connectivity index (χ3v) is 2.98. The molecule has 1 N–H and O–H groups in total. The van der Waals surface area contributed by atoms with E-state index in [1.54, 1.807) is 0 Å². The molecule has 130 valence electrons. The largest absolute Gasteiger partial charge is 0.458 e. The zero-order chi connectivity index (χ0) is 18.1. The molecule has 0 bridgehead atoms. The van der Waals surface area contributed by atoms with Crippen LogP contribution in [0.2, 0.25) is 0 Å². The van der Waals surface area contributed by atoms with Crippen LogP contribution in [0, 0.1) is 5.41 Å². The van der Waals surface area contributed by atoms with Crippen LogP contribution in [0.25, 0.3) is 0 Å². The predicted octanol–water partition coefficient (Wildman–Crippen LogP) is 3.77. The molecule has 0 heterocycles. The number of hydrogen-bond acceptors (Lipinski definition) is 3. The normalized spacial score (nSPS) is 15.4. The Labute approximate surface area is 123 Å². The molecule has 1 unspecified atom stereocenters. The van der Waals surface area contributed by atoms with E-state index in [9.17, 15) is 36.2 Å². The molecule has 9 heteroatoms. The summed E-state index contributed by atoms with van der Waals surface area (Å²) < 4.78 is 81.0. The van der Waals surface area contributed by atoms with Crippen molar-refractivity contribution in [2.24, 2.45) is 5.41 Å². The molecule has 0 rings (SSSR count). The maximum absolute atomic E-state index is 12.7. The van der Waals surface area contributed by atoms with Gasteiger partial charge in [0, 0.05) is 12.0 Å². The van der Waals surface area contributed by atoms with Crippen LogP contribution >= 0.6 is 0 Å². The van der Waals surface area contributed by atoms with E-state index in [1.807, 2.05) is 0 Å². The summed E-state index contributed by atoms with van der Waals surface area (Å²) in [6.07, 6.45) is -15.6. The molecule has 0 aliphatic heterocycles. The summed E-state index contributed by atoms with van der Waals surface area (Å²) in [5.41, 5.74) is -6.43. The van der Waals surface area contributed by atoms with E-state index < -0.39 is 41.9 Å². The summed E-state index contributed by atoms with van der Waals surface area (Å²) in [6.45, 7) is 8.26. The third kappa shape index (κ3) is 4.62. The van der Waals surface area contributed by atoms with Gasteiger partial charge in [-0.05, 0) is 12.3 Å². The van der Waals surface area contributed by atoms with Gasteiger partial charge in [-0.2, -0.15) is 26.3 Å². The molecule has 0 aromatic rings. The van der Waals surface area contributed by atoms with Gasteiger partial charge in [-0.1, -0.05) is 27.4 Å². The lowest BCUT2D eigenvalue weighted by Crippen LogP contribution is -2.59. The Balaban J connectivity index is 5.70. The number of rotatable bonds is 4. The molecule has 1 atom stereocenters. The number of esters is 1. The monoisotopic (exact) mass is 336 g/mol. The molecule has 0 aliphatic carbocycles. The SMILES string of the molecule is C=C(C)C(=O)OC(CC(O)(C(F)(F)F)C(F)(F)F)C(C)(C)C. The Bertz CT molecular complexity index is 417. The number of hydrogen-bond donors (Lipinski definition) is 1. The third-order valence-electron chi connectivity index (χ3n) is 2.98. The van der Waals surface area contributed by atoms with Crippen LogP contribution in [0.15, 0.2) is 12.2 Å². The number of halogens is 6. The Kier molecular flexibility index (Phi) is 5.75. The van der Waals surface area contributed by atoms with Crippen molar-refractivity contribution in [3.8, 4) is 0 Å². The minimum absolute atomic E-state index is 0.184. The van der Waals surface area contributed by atoms with Gasteiger partial charge in [-0.3, -0.25) is 0 Å². The van der Waals surface area contributed by atoms with Crippen molar-refractivity contribution in [2.75, 3.05) is 0 Å². The minimum atomic E-state index is -5.97. The first kappa shape index (κ1) is 20.8. The van der Waals surface area contributed by atoms with Crippen molar-refractivity contribution >= 4 is 5.97 Å². The van der Waals surface area contributed by atoms with Gasteiger partial charge in [0.05, 0.1) is 0 Å². The lowest BCUT2D eigenvalue weighted by Gasteiger charge is -2.39. The Morgan fingerprint density at radius 3 is 1.68 bits per heavy atom. The Hall–Kier alpha value is -1.25. The smallest absolute Gasteiger partial charge is 0.426 e. The van der Waals surface area contributed by atoms with Crippen molar-refractivity contribution < 1.29 is 41.0 Å². The predicted molar refractivity (Wildman–Crippen MR) is 65.8 cm³/mol. The second-order valence-corrected chi connectivity index (χ2v) is 6.10. The summed E-state index contributed by atoms with van der Waals surface area (Å²) >= 11 is 0. The first-order valence-corrected chi connectivity index (χ1v) is 6.16. The van der Waals surface area contributed by atoms with Crippen molar-refractivity contribution in [1.82, 2.24) is 0 Å². The molecule has 0 radical (unpaired) electrons. The highest BCUT2D eigenvalue weighted by Crippen LogP contribution is 2.47. The van der Waals surface area contributed by atoms with Crippen LogP contribution in [-0.4, -0.2) is 35.1 Å². The average molecular weight is 336 g/mol. The highest BCUT2D eigenvalue weighted by atomic mass is 19.4. The van der Waals surface area contributed by atoms with Crippen molar-refractivity contribution in [3.63, 3.8) is 0 Å². The number of aliphatic hydroxyl groups is 1. The first-order chi connectivity index (χ1) is 9.43. The van der Waals surface area contributed by atoms with Crippen LogP contribution in [-0.2, 0) is 9.53 Å². The molecule has 0 aromatic heterocycles. The van der Waals surface area contributed by atoms with Gasteiger partial charge in [-0.15, -0.1) is 0 Å². The highest BCUT2D eigenvalue weighted by molar-refractivity contribution is 5.87. The van der Waals surface area contributed by atoms with E-state index in [0.29, 0.717) is 0 Å². The number of carbonyl (C=O) groups excluding carboxylic acids is 1. The van der Waals surface area contributed by atoms with E-state index in [1.165, 1.54) is 27.7 Å². The highest BCUT2D eigenvalue weighted by Gasteiger charge is 2.71. The Morgan fingerprint density at radius 2 is 1.45 bits per heavy atom. The minimum Gasteiger partial charge on any atom is -0.458 e. The number of ether oxygens (including phenoxy) is 1. The van der Waals surface area contributed by atoms with E-state index in [0.717, 1.165) is 0 Å². The molecule has 0 saturated heterocycles. The maximum Gasteiger partial charge on any atom is 0.426 e. The summed E-state index contributed by atoms with van der Waals surface area (Å²) in [6, 6.07) is 0. The Morgan fingerprint density at radius 1 is 1.09 bits per heavy atom. The van der Waals surface area contributed by atoms with Gasteiger partial charge in [0.25, 0.3) is 5.60 Å². The van der Waals surface area contributed by atoms with Crippen LogP contribution in [0.1, 0.15) is 34.1 Å². The number of alkyl halides is 6. The molecule has 3 nitrogen and oxygen atoms in total. The average Bonchev–Trinajstić information content (AvgIpc) is 2.22. The van der Waals surface area contributed by atoms with Crippen molar-refractivity contribution in [3.05, 3.63) is 12.2 Å². The molecule has 0 fully saturated rings. The summed E-state index contributed by atoms with van der Waals surface area (Å²) in [7, 11) is 0. The van der Waals surface area contributed by atoms with E-state index in [4.69, 9.17) is 0 Å². The standard InChI is InChI=1S/C13H18F6O3/c1-7(2)9(20)22-8(10(3,4)5)6-11(21,12(14,15)16)13(17,18)19/h8,21H,1,6H2,2-5H3. The van der Waals surface area contributed by atoms with Gasteiger partial charge in [0.2, 0.25) is 0 Å². The summed E-state index contributed by atoms with van der Waals surface area (Å²) in [4.78, 5) is 11.4. The first-order valence-electron chi connectivity index (χ1n) is 6.16. The second kappa shape index (κ2) is 6.10. The molecule has 0 saturated carbocycles. The van der Waals surface area contributed by atoms with E-state index >= 15 is 0 Å². The van der Waals surface area contributed by atoms with Crippen molar-refractivity contribution in [1.29, 1.82) is 0 Å². The lowest BCUT2D eigenvalue weighted by atomic mass is 9.81. The second-order valence-electron chi connectivity index (χ2n) is 6.10. The molecule has 22 heavy (non-hydrogen) atoms. The van der Waals surface area contributed by atoms with Crippen LogP contribution in [0.3, 0.4) is 0 Å². The van der Waals surface area contributed by atoms with Gasteiger partial charge in [0.1, 0.15) is 6.10 Å². The lowest BCUT2D eigenvalue weighted by molar-refractivity contribution is -0.375. The maximum atomic E-state index is 12.7. The molecular formula is C13H18F6O3. The molecule has 0 spiro atoms. The van der Waals surface area contributed by atoms with Gasteiger partial charge >= 0.3 is 18.3 Å². The fraction of sp³-hybridized carbons (Fsp3) is 0.769. The molecular weight excluding hydrogens is 318 g/mol. The number of carbonyl (C=O) groups is 1. The molecule has 0 aliphatic rings. The zero-order valence-corrected chi connectivity index (χ0v) is 12.5.